The van der Waals surface area contributed by atoms with E-state index in [1.54, 1.807) is 12.1 Å². The highest BCUT2D eigenvalue weighted by Crippen LogP contribution is 2.42. The van der Waals surface area contributed by atoms with E-state index >= 15 is 0 Å². The largest absolute Gasteiger partial charge is 0.504 e. The second kappa shape index (κ2) is 4.25. The molecule has 0 fully saturated rings. The zero-order chi connectivity index (χ0) is 13.7. The Morgan fingerprint density at radius 3 is 2.40 bits per heavy atom. The normalized spacial score (nSPS) is 20.9. The van der Waals surface area contributed by atoms with Crippen LogP contribution in [0.5, 0.6) is 11.5 Å². The van der Waals surface area contributed by atoms with E-state index < -0.39 is 0 Å². The second-order valence-corrected chi connectivity index (χ2v) is 5.68. The fourth-order valence-corrected chi connectivity index (χ4v) is 3.59. The minimum Gasteiger partial charge on any atom is -0.504 e. The molecule has 3 heteroatoms. The van der Waals surface area contributed by atoms with E-state index in [0.717, 1.165) is 37.1 Å². The molecule has 2 aliphatic rings. The number of nitrogens with zero attached hydrogens (tertiary/aromatic N) is 1. The SMILES string of the molecule is Oc1cc2c(cc1O)[C@@H]1c3ccccc3CCN1CC2. The van der Waals surface area contributed by atoms with Gasteiger partial charge in [-0.2, -0.15) is 0 Å². The molecule has 2 aromatic rings. The summed E-state index contributed by atoms with van der Waals surface area (Å²) < 4.78 is 0. The van der Waals surface area contributed by atoms with Gasteiger partial charge in [0.1, 0.15) is 0 Å². The molecule has 2 aromatic carbocycles. The first-order chi connectivity index (χ1) is 9.74. The van der Waals surface area contributed by atoms with E-state index in [0.29, 0.717) is 0 Å². The van der Waals surface area contributed by atoms with Gasteiger partial charge < -0.3 is 10.2 Å². The molecule has 2 heterocycles. The second-order valence-electron chi connectivity index (χ2n) is 5.68. The Bertz CT molecular complexity index is 681. The van der Waals surface area contributed by atoms with Crippen molar-refractivity contribution in [1.82, 2.24) is 4.90 Å². The molecule has 3 nitrogen and oxygen atoms in total. The van der Waals surface area contributed by atoms with Gasteiger partial charge in [-0.3, -0.25) is 4.90 Å². The monoisotopic (exact) mass is 267 g/mol. The van der Waals surface area contributed by atoms with Crippen molar-refractivity contribution in [3.05, 3.63) is 58.7 Å². The zero-order valence-electron chi connectivity index (χ0n) is 11.2. The summed E-state index contributed by atoms with van der Waals surface area (Å²) in [5, 5.41) is 19.5. The van der Waals surface area contributed by atoms with Crippen LogP contribution in [0.15, 0.2) is 36.4 Å². The lowest BCUT2D eigenvalue weighted by atomic mass is 9.82. The number of hydrogen-bond donors (Lipinski definition) is 2. The lowest BCUT2D eigenvalue weighted by Gasteiger charge is -2.41. The van der Waals surface area contributed by atoms with Gasteiger partial charge >= 0.3 is 0 Å². The van der Waals surface area contributed by atoms with Gasteiger partial charge in [0, 0.05) is 13.1 Å². The minimum absolute atomic E-state index is 0.0127. The van der Waals surface area contributed by atoms with Crippen molar-refractivity contribution in [2.24, 2.45) is 0 Å². The van der Waals surface area contributed by atoms with E-state index in [-0.39, 0.29) is 17.5 Å². The highest BCUT2D eigenvalue weighted by atomic mass is 16.3. The van der Waals surface area contributed by atoms with Crippen molar-refractivity contribution in [3.8, 4) is 11.5 Å². The summed E-state index contributed by atoms with van der Waals surface area (Å²) in [5.41, 5.74) is 5.02. The number of hydrogen-bond acceptors (Lipinski definition) is 3. The summed E-state index contributed by atoms with van der Waals surface area (Å²) in [5.74, 6) is -0.0325. The van der Waals surface area contributed by atoms with Crippen molar-refractivity contribution in [1.29, 1.82) is 0 Å². The molecule has 0 saturated carbocycles. The molecule has 2 aliphatic heterocycles. The van der Waals surface area contributed by atoms with Crippen molar-refractivity contribution in [3.63, 3.8) is 0 Å². The van der Waals surface area contributed by atoms with Crippen LogP contribution in [0.2, 0.25) is 0 Å². The Kier molecular flexibility index (Phi) is 2.51. The van der Waals surface area contributed by atoms with Crippen LogP contribution in [-0.4, -0.2) is 28.2 Å². The third-order valence-electron chi connectivity index (χ3n) is 4.58. The number of phenolic OH excluding ortho intramolecular Hbond substituents is 2. The van der Waals surface area contributed by atoms with Crippen LogP contribution < -0.4 is 0 Å². The van der Waals surface area contributed by atoms with Gasteiger partial charge in [-0.15, -0.1) is 0 Å². The maximum Gasteiger partial charge on any atom is 0.157 e. The molecular formula is C17H17NO2. The van der Waals surface area contributed by atoms with Crippen LogP contribution in [-0.2, 0) is 12.8 Å². The van der Waals surface area contributed by atoms with Crippen molar-refractivity contribution in [2.75, 3.05) is 13.1 Å². The zero-order valence-corrected chi connectivity index (χ0v) is 11.2. The molecule has 4 rings (SSSR count). The summed E-state index contributed by atoms with van der Waals surface area (Å²) in [7, 11) is 0. The summed E-state index contributed by atoms with van der Waals surface area (Å²) in [4.78, 5) is 2.47. The maximum absolute atomic E-state index is 9.85. The van der Waals surface area contributed by atoms with E-state index in [9.17, 15) is 10.2 Å². The van der Waals surface area contributed by atoms with Gasteiger partial charge in [-0.25, -0.2) is 0 Å². The molecule has 102 valence electrons. The fourth-order valence-electron chi connectivity index (χ4n) is 3.59. The van der Waals surface area contributed by atoms with E-state index in [2.05, 4.69) is 29.2 Å². The molecule has 0 amide bonds. The van der Waals surface area contributed by atoms with E-state index in [1.165, 1.54) is 11.1 Å². The van der Waals surface area contributed by atoms with Crippen LogP contribution in [0.1, 0.15) is 28.3 Å². The molecule has 20 heavy (non-hydrogen) atoms. The van der Waals surface area contributed by atoms with Crippen molar-refractivity contribution in [2.45, 2.75) is 18.9 Å². The molecule has 1 atom stereocenters. The Morgan fingerprint density at radius 1 is 0.850 bits per heavy atom. The lowest BCUT2D eigenvalue weighted by molar-refractivity contribution is 0.201. The Balaban J connectivity index is 1.92. The van der Waals surface area contributed by atoms with Gasteiger partial charge in [0.05, 0.1) is 6.04 Å². The number of phenols is 2. The Morgan fingerprint density at radius 2 is 1.55 bits per heavy atom. The highest BCUT2D eigenvalue weighted by Gasteiger charge is 2.33. The molecule has 0 aromatic heterocycles. The topological polar surface area (TPSA) is 43.7 Å². The van der Waals surface area contributed by atoms with Gasteiger partial charge in [-0.05, 0) is 47.2 Å². The molecule has 0 aliphatic carbocycles. The Hall–Kier alpha value is -2.00. The Labute approximate surface area is 118 Å². The third kappa shape index (κ3) is 1.63. The van der Waals surface area contributed by atoms with E-state index in [1.807, 2.05) is 0 Å². The summed E-state index contributed by atoms with van der Waals surface area (Å²) >= 11 is 0. The van der Waals surface area contributed by atoms with Crippen molar-refractivity contribution >= 4 is 0 Å². The maximum atomic E-state index is 9.85. The molecular weight excluding hydrogens is 250 g/mol. The summed E-state index contributed by atoms with van der Waals surface area (Å²) in [6.45, 7) is 2.07. The first-order valence-electron chi connectivity index (χ1n) is 7.10. The van der Waals surface area contributed by atoms with Crippen LogP contribution in [0.3, 0.4) is 0 Å². The number of rotatable bonds is 0. The highest BCUT2D eigenvalue weighted by molar-refractivity contribution is 5.51. The number of fused-ring (bicyclic) bond motifs is 5. The number of aromatic hydroxyl groups is 2. The fraction of sp³-hybridized carbons (Fsp3) is 0.294. The van der Waals surface area contributed by atoms with Crippen molar-refractivity contribution < 1.29 is 10.2 Å². The van der Waals surface area contributed by atoms with Gasteiger partial charge in [0.25, 0.3) is 0 Å². The van der Waals surface area contributed by atoms with Gasteiger partial charge in [0.15, 0.2) is 11.5 Å². The summed E-state index contributed by atoms with van der Waals surface area (Å²) in [6, 6.07) is 12.2. The van der Waals surface area contributed by atoms with Crippen LogP contribution in [0.4, 0.5) is 0 Å². The number of benzene rings is 2. The molecule has 2 N–H and O–H groups in total. The molecule has 0 bridgehead atoms. The van der Waals surface area contributed by atoms with Gasteiger partial charge in [0.2, 0.25) is 0 Å². The lowest BCUT2D eigenvalue weighted by Crippen LogP contribution is -2.40. The van der Waals surface area contributed by atoms with Crippen LogP contribution >= 0.6 is 0 Å². The molecule has 0 saturated heterocycles. The van der Waals surface area contributed by atoms with Crippen LogP contribution in [0, 0.1) is 0 Å². The van der Waals surface area contributed by atoms with Gasteiger partial charge in [-0.1, -0.05) is 24.3 Å². The summed E-state index contributed by atoms with van der Waals surface area (Å²) in [6.07, 6.45) is 2.02. The first kappa shape index (κ1) is 11.8. The molecule has 0 unspecified atom stereocenters. The average Bonchev–Trinajstić information content (AvgIpc) is 2.48. The average molecular weight is 267 g/mol. The standard InChI is InChI=1S/C17H17NO2/c19-15-9-12-6-8-18-7-5-11-3-1-2-4-13(11)17(18)14(12)10-16(15)20/h1-4,9-10,17,19-20H,5-8H2/t17-/m0/s1. The van der Waals surface area contributed by atoms with E-state index in [4.69, 9.17) is 0 Å². The molecule has 0 spiro atoms. The smallest absolute Gasteiger partial charge is 0.157 e. The predicted octanol–water partition coefficient (Wildman–Crippen LogP) is 2.60. The predicted molar refractivity (Wildman–Crippen MR) is 77.0 cm³/mol. The third-order valence-corrected chi connectivity index (χ3v) is 4.58. The van der Waals surface area contributed by atoms with Crippen LogP contribution in [0.25, 0.3) is 0 Å². The first-order valence-corrected chi connectivity index (χ1v) is 7.10. The quantitative estimate of drug-likeness (QED) is 0.721. The minimum atomic E-state index is -0.0198. The molecule has 0 radical (unpaired) electrons.